The van der Waals surface area contributed by atoms with E-state index in [4.69, 9.17) is 14.2 Å². The lowest BCUT2D eigenvalue weighted by Crippen LogP contribution is -2.44. The Balaban J connectivity index is 1.56. The number of hydrogen-bond acceptors (Lipinski definition) is 4. The van der Waals surface area contributed by atoms with Gasteiger partial charge in [-0.15, -0.1) is 0 Å². The van der Waals surface area contributed by atoms with Gasteiger partial charge in [0.25, 0.3) is 0 Å². The fourth-order valence-electron chi connectivity index (χ4n) is 4.24. The molecule has 3 aromatic carbocycles. The van der Waals surface area contributed by atoms with E-state index in [9.17, 15) is 0 Å². The summed E-state index contributed by atoms with van der Waals surface area (Å²) in [6, 6.07) is 22.7. The molecular weight excluding hydrogens is 398 g/mol. The van der Waals surface area contributed by atoms with Crippen molar-refractivity contribution in [1.82, 2.24) is 0 Å². The molecule has 0 aromatic heterocycles. The molecule has 0 atom stereocenters. The van der Waals surface area contributed by atoms with Gasteiger partial charge in [0.05, 0.1) is 19.8 Å². The average Bonchev–Trinajstić information content (AvgIpc) is 2.81. The van der Waals surface area contributed by atoms with Crippen LogP contribution in [-0.2, 0) is 13.2 Å². The largest absolute Gasteiger partial charge is 0.497 e. The normalized spacial score (nSPS) is 14.4. The van der Waals surface area contributed by atoms with Crippen LogP contribution in [0, 0.1) is 0 Å². The van der Waals surface area contributed by atoms with E-state index in [1.807, 2.05) is 36.4 Å². The molecule has 4 heteroatoms. The topological polar surface area (TPSA) is 30.9 Å². The number of allylic oxidation sites excluding steroid dienone is 1. The van der Waals surface area contributed by atoms with E-state index in [1.54, 1.807) is 14.2 Å². The quantitative estimate of drug-likeness (QED) is 0.430. The summed E-state index contributed by atoms with van der Waals surface area (Å²) in [6.45, 7) is 8.04. The summed E-state index contributed by atoms with van der Waals surface area (Å²) >= 11 is 0. The van der Waals surface area contributed by atoms with Gasteiger partial charge >= 0.3 is 0 Å². The molecule has 1 aliphatic rings. The van der Waals surface area contributed by atoms with Gasteiger partial charge in [0, 0.05) is 17.8 Å². The van der Waals surface area contributed by atoms with E-state index in [2.05, 4.69) is 62.1 Å². The molecule has 0 saturated carbocycles. The van der Waals surface area contributed by atoms with E-state index in [1.165, 1.54) is 22.4 Å². The number of nitrogens with zero attached hydrogens (tertiary/aromatic N) is 1. The van der Waals surface area contributed by atoms with Gasteiger partial charge in [-0.1, -0.05) is 30.3 Å². The van der Waals surface area contributed by atoms with E-state index in [0.29, 0.717) is 6.61 Å². The third-order valence-corrected chi connectivity index (χ3v) is 6.01. The highest BCUT2D eigenvalue weighted by Crippen LogP contribution is 2.41. The lowest BCUT2D eigenvalue weighted by molar-refractivity contribution is 0.306. The molecule has 0 saturated heterocycles. The number of methoxy groups -OCH3 is 2. The molecule has 0 aliphatic carbocycles. The molecule has 0 bridgehead atoms. The van der Waals surface area contributed by atoms with Crippen molar-refractivity contribution in [1.29, 1.82) is 0 Å². The molecule has 32 heavy (non-hydrogen) atoms. The van der Waals surface area contributed by atoms with Crippen LogP contribution in [0.5, 0.6) is 17.2 Å². The molecule has 4 nitrogen and oxygen atoms in total. The Morgan fingerprint density at radius 1 is 0.750 bits per heavy atom. The summed E-state index contributed by atoms with van der Waals surface area (Å²) in [4.78, 5) is 2.45. The summed E-state index contributed by atoms with van der Waals surface area (Å²) in [7, 11) is 3.37. The SMILES string of the molecule is COc1ccc(COc2ccc3c(c2)C(C)=CC(C)(C)N3Cc2ccc(OC)cc2)cc1. The zero-order chi connectivity index (χ0) is 22.7. The smallest absolute Gasteiger partial charge is 0.120 e. The maximum absolute atomic E-state index is 6.11. The molecule has 0 amide bonds. The van der Waals surface area contributed by atoms with Crippen LogP contribution in [0.1, 0.15) is 37.5 Å². The van der Waals surface area contributed by atoms with Crippen LogP contribution in [0.15, 0.2) is 72.8 Å². The van der Waals surface area contributed by atoms with Crippen molar-refractivity contribution in [3.63, 3.8) is 0 Å². The van der Waals surface area contributed by atoms with Crippen LogP contribution >= 0.6 is 0 Å². The van der Waals surface area contributed by atoms with Gasteiger partial charge in [-0.25, -0.2) is 0 Å². The number of hydrogen-bond donors (Lipinski definition) is 0. The van der Waals surface area contributed by atoms with Crippen LogP contribution in [-0.4, -0.2) is 19.8 Å². The Morgan fingerprint density at radius 2 is 1.31 bits per heavy atom. The van der Waals surface area contributed by atoms with Crippen molar-refractivity contribution in [2.75, 3.05) is 19.1 Å². The van der Waals surface area contributed by atoms with Gasteiger partial charge in [0.1, 0.15) is 23.9 Å². The fraction of sp³-hybridized carbons (Fsp3) is 0.286. The molecular formula is C28H31NO3. The highest BCUT2D eigenvalue weighted by Gasteiger charge is 2.31. The van der Waals surface area contributed by atoms with Crippen molar-refractivity contribution in [2.45, 2.75) is 39.5 Å². The Labute approximate surface area is 191 Å². The van der Waals surface area contributed by atoms with Gasteiger partial charge < -0.3 is 19.1 Å². The molecule has 0 fully saturated rings. The van der Waals surface area contributed by atoms with Crippen molar-refractivity contribution < 1.29 is 14.2 Å². The van der Waals surface area contributed by atoms with Gasteiger partial charge in [-0.2, -0.15) is 0 Å². The summed E-state index contributed by atoms with van der Waals surface area (Å²) in [5.41, 5.74) is 5.97. The molecule has 0 unspecified atom stereocenters. The van der Waals surface area contributed by atoms with Crippen molar-refractivity contribution in [2.24, 2.45) is 0 Å². The number of rotatable bonds is 7. The highest BCUT2D eigenvalue weighted by molar-refractivity contribution is 5.82. The Morgan fingerprint density at radius 3 is 1.91 bits per heavy atom. The first-order chi connectivity index (χ1) is 15.4. The summed E-state index contributed by atoms with van der Waals surface area (Å²) < 4.78 is 16.6. The zero-order valence-electron chi connectivity index (χ0n) is 19.5. The summed E-state index contributed by atoms with van der Waals surface area (Å²) in [5, 5.41) is 0. The molecule has 3 aromatic rings. The first kappa shape index (κ1) is 21.8. The zero-order valence-corrected chi connectivity index (χ0v) is 19.5. The monoisotopic (exact) mass is 429 g/mol. The van der Waals surface area contributed by atoms with Gasteiger partial charge in [-0.3, -0.25) is 0 Å². The van der Waals surface area contributed by atoms with Crippen LogP contribution < -0.4 is 19.1 Å². The molecule has 0 spiro atoms. The van der Waals surface area contributed by atoms with Crippen molar-refractivity contribution >= 4 is 11.3 Å². The Hall–Kier alpha value is -3.40. The van der Waals surface area contributed by atoms with Gasteiger partial charge in [-0.05, 0) is 79.9 Å². The van der Waals surface area contributed by atoms with E-state index < -0.39 is 0 Å². The van der Waals surface area contributed by atoms with E-state index in [0.717, 1.165) is 29.4 Å². The maximum atomic E-state index is 6.11. The lowest BCUT2D eigenvalue weighted by Gasteiger charge is -2.43. The van der Waals surface area contributed by atoms with Crippen LogP contribution in [0.25, 0.3) is 5.57 Å². The second-order valence-electron chi connectivity index (χ2n) is 8.73. The lowest BCUT2D eigenvalue weighted by atomic mass is 9.88. The second-order valence-corrected chi connectivity index (χ2v) is 8.73. The number of benzene rings is 3. The van der Waals surface area contributed by atoms with Crippen LogP contribution in [0.2, 0.25) is 0 Å². The average molecular weight is 430 g/mol. The predicted molar refractivity (Wildman–Crippen MR) is 131 cm³/mol. The summed E-state index contributed by atoms with van der Waals surface area (Å²) in [5.74, 6) is 2.60. The molecule has 0 N–H and O–H groups in total. The molecule has 0 radical (unpaired) electrons. The van der Waals surface area contributed by atoms with E-state index in [-0.39, 0.29) is 5.54 Å². The van der Waals surface area contributed by atoms with Gasteiger partial charge in [0.2, 0.25) is 0 Å². The maximum Gasteiger partial charge on any atom is 0.120 e. The standard InChI is InChI=1S/C28H31NO3/c1-20-17-28(2,3)29(18-21-6-10-23(30-4)11-7-21)27-15-14-25(16-26(20)27)32-19-22-8-12-24(31-5)13-9-22/h6-17H,18-19H2,1-5H3. The van der Waals surface area contributed by atoms with E-state index >= 15 is 0 Å². The Bertz CT molecular complexity index is 1100. The van der Waals surface area contributed by atoms with Crippen LogP contribution in [0.4, 0.5) is 5.69 Å². The molecule has 4 rings (SSSR count). The molecule has 166 valence electrons. The third-order valence-electron chi connectivity index (χ3n) is 6.01. The number of fused-ring (bicyclic) bond motifs is 1. The minimum atomic E-state index is -0.0948. The minimum Gasteiger partial charge on any atom is -0.497 e. The molecule has 1 heterocycles. The first-order valence-electron chi connectivity index (χ1n) is 10.9. The highest BCUT2D eigenvalue weighted by atomic mass is 16.5. The third kappa shape index (κ3) is 4.59. The Kier molecular flexibility index (Phi) is 6.13. The predicted octanol–water partition coefficient (Wildman–Crippen LogP) is 6.48. The molecule has 1 aliphatic heterocycles. The number of ether oxygens (including phenoxy) is 3. The second kappa shape index (κ2) is 8.99. The van der Waals surface area contributed by atoms with Crippen molar-refractivity contribution in [3.8, 4) is 17.2 Å². The van der Waals surface area contributed by atoms with Crippen LogP contribution in [0.3, 0.4) is 0 Å². The van der Waals surface area contributed by atoms with Crippen molar-refractivity contribution in [3.05, 3.63) is 89.5 Å². The van der Waals surface area contributed by atoms with Gasteiger partial charge in [0.15, 0.2) is 0 Å². The summed E-state index contributed by atoms with van der Waals surface area (Å²) in [6.07, 6.45) is 2.34. The fourth-order valence-corrected chi connectivity index (χ4v) is 4.24. The first-order valence-corrected chi connectivity index (χ1v) is 10.9. The minimum absolute atomic E-state index is 0.0948. The number of anilines is 1.